The highest BCUT2D eigenvalue weighted by Crippen LogP contribution is 2.31. The highest BCUT2D eigenvalue weighted by molar-refractivity contribution is 7.81. The van der Waals surface area contributed by atoms with Gasteiger partial charge in [-0.05, 0) is 50.2 Å². The minimum Gasteiger partial charge on any atom is -0.410 e. The number of alkyl halides is 3. The summed E-state index contributed by atoms with van der Waals surface area (Å²) in [6, 6.07) is 7.29. The lowest BCUT2D eigenvalue weighted by atomic mass is 10.2. The van der Waals surface area contributed by atoms with Crippen LogP contribution in [-0.4, -0.2) is 27.4 Å². The number of thiazole rings is 1. The summed E-state index contributed by atoms with van der Waals surface area (Å²) in [5, 5.41) is 0. The van der Waals surface area contributed by atoms with Gasteiger partial charge in [-0.15, -0.1) is 11.3 Å². The van der Waals surface area contributed by atoms with E-state index in [4.69, 9.17) is 4.74 Å². The van der Waals surface area contributed by atoms with E-state index in [9.17, 15) is 18.0 Å². The first-order valence-electron chi connectivity index (χ1n) is 8.12. The van der Waals surface area contributed by atoms with Crippen molar-refractivity contribution in [1.29, 1.82) is 0 Å². The predicted molar refractivity (Wildman–Crippen MR) is 105 cm³/mol. The molecule has 1 amide bonds. The molecule has 2 aromatic heterocycles. The summed E-state index contributed by atoms with van der Waals surface area (Å²) in [4.78, 5) is 23.3. The largest absolute Gasteiger partial charge is 0.420 e. The molecule has 1 aromatic carbocycles. The van der Waals surface area contributed by atoms with Gasteiger partial charge in [-0.25, -0.2) is 14.8 Å². The van der Waals surface area contributed by atoms with Gasteiger partial charge in [-0.3, -0.25) is 4.90 Å². The standard InChI is InChI=1S/C18H16F3N3O2S2/c1-17(2,27)9-24(14-8-7-13-15(23-14)28-10-22-13)16(25)26-12-5-3-11(4-6-12)18(19,20)21/h3-8,10,27H,9H2,1-2H3. The summed E-state index contributed by atoms with van der Waals surface area (Å²) < 4.78 is 42.8. The molecule has 0 spiro atoms. The Bertz CT molecular complexity index is 982. The molecule has 5 nitrogen and oxygen atoms in total. The maximum Gasteiger partial charge on any atom is 0.420 e. The number of aromatic nitrogens is 2. The minimum absolute atomic E-state index is 0.00108. The van der Waals surface area contributed by atoms with Crippen molar-refractivity contribution in [1.82, 2.24) is 9.97 Å². The lowest BCUT2D eigenvalue weighted by Gasteiger charge is -2.27. The molecule has 0 bridgehead atoms. The van der Waals surface area contributed by atoms with Crippen LogP contribution in [0.2, 0.25) is 0 Å². The molecule has 0 unspecified atom stereocenters. The van der Waals surface area contributed by atoms with E-state index in [-0.39, 0.29) is 12.3 Å². The van der Waals surface area contributed by atoms with Gasteiger partial charge in [0.2, 0.25) is 0 Å². The fraction of sp³-hybridized carbons (Fsp3) is 0.278. The van der Waals surface area contributed by atoms with Crippen molar-refractivity contribution in [2.24, 2.45) is 0 Å². The zero-order chi connectivity index (χ0) is 20.5. The molecule has 0 radical (unpaired) electrons. The maximum absolute atomic E-state index is 12.7. The van der Waals surface area contributed by atoms with Gasteiger partial charge in [0.1, 0.15) is 21.9 Å². The third kappa shape index (κ3) is 4.93. The zero-order valence-electron chi connectivity index (χ0n) is 14.9. The Kier molecular flexibility index (Phi) is 5.53. The van der Waals surface area contributed by atoms with Crippen molar-refractivity contribution in [3.63, 3.8) is 0 Å². The average molecular weight is 427 g/mol. The van der Waals surface area contributed by atoms with E-state index in [1.807, 2.05) is 13.8 Å². The van der Waals surface area contributed by atoms with Gasteiger partial charge in [0.05, 0.1) is 11.1 Å². The van der Waals surface area contributed by atoms with Crippen LogP contribution in [0.4, 0.5) is 23.8 Å². The maximum atomic E-state index is 12.7. The van der Waals surface area contributed by atoms with Crippen LogP contribution in [0.15, 0.2) is 41.9 Å². The third-order valence-corrected chi connectivity index (χ3v) is 4.49. The summed E-state index contributed by atoms with van der Waals surface area (Å²) in [6.07, 6.45) is -5.23. The van der Waals surface area contributed by atoms with Crippen LogP contribution >= 0.6 is 24.0 Å². The number of ether oxygens (including phenoxy) is 1. The normalized spacial score (nSPS) is 12.2. The number of rotatable bonds is 4. The number of hydrogen-bond acceptors (Lipinski definition) is 6. The predicted octanol–water partition coefficient (Wildman–Crippen LogP) is 5.42. The lowest BCUT2D eigenvalue weighted by molar-refractivity contribution is -0.137. The van der Waals surface area contributed by atoms with Gasteiger partial charge in [0.25, 0.3) is 0 Å². The molecule has 0 aliphatic rings. The summed E-state index contributed by atoms with van der Waals surface area (Å²) in [5.74, 6) is 0.342. The van der Waals surface area contributed by atoms with E-state index in [0.717, 1.165) is 24.3 Å². The first-order valence-corrected chi connectivity index (χ1v) is 9.45. The van der Waals surface area contributed by atoms with E-state index in [0.29, 0.717) is 16.2 Å². The van der Waals surface area contributed by atoms with Crippen molar-refractivity contribution >= 4 is 46.2 Å². The van der Waals surface area contributed by atoms with Crippen molar-refractivity contribution in [3.8, 4) is 5.75 Å². The quantitative estimate of drug-likeness (QED) is 0.565. The van der Waals surface area contributed by atoms with Crippen molar-refractivity contribution in [3.05, 3.63) is 47.5 Å². The molecule has 3 rings (SSSR count). The van der Waals surface area contributed by atoms with Crippen LogP contribution < -0.4 is 9.64 Å². The molecule has 0 aliphatic heterocycles. The van der Waals surface area contributed by atoms with Gasteiger partial charge in [-0.2, -0.15) is 25.8 Å². The molecule has 28 heavy (non-hydrogen) atoms. The Labute approximate surface area is 168 Å². The zero-order valence-corrected chi connectivity index (χ0v) is 16.6. The smallest absolute Gasteiger partial charge is 0.410 e. The first-order chi connectivity index (χ1) is 13.0. The molecule has 0 aliphatic carbocycles. The highest BCUT2D eigenvalue weighted by Gasteiger charge is 2.30. The molecular weight excluding hydrogens is 411 g/mol. The summed E-state index contributed by atoms with van der Waals surface area (Å²) in [7, 11) is 0. The minimum atomic E-state index is -4.46. The van der Waals surface area contributed by atoms with E-state index < -0.39 is 22.6 Å². The van der Waals surface area contributed by atoms with Crippen molar-refractivity contribution < 1.29 is 22.7 Å². The molecule has 0 atom stereocenters. The number of fused-ring (bicyclic) bond motifs is 1. The van der Waals surface area contributed by atoms with E-state index in [1.54, 1.807) is 17.6 Å². The summed E-state index contributed by atoms with van der Waals surface area (Å²) in [6.45, 7) is 3.81. The Morgan fingerprint density at radius 1 is 1.18 bits per heavy atom. The van der Waals surface area contributed by atoms with Gasteiger partial charge >= 0.3 is 12.3 Å². The average Bonchev–Trinajstić information content (AvgIpc) is 3.06. The molecular formula is C18H16F3N3O2S2. The van der Waals surface area contributed by atoms with Crippen molar-refractivity contribution in [2.45, 2.75) is 24.8 Å². The third-order valence-electron chi connectivity index (χ3n) is 3.61. The van der Waals surface area contributed by atoms with Gasteiger partial charge in [0.15, 0.2) is 0 Å². The number of carbonyl (C=O) groups is 1. The fourth-order valence-electron chi connectivity index (χ4n) is 2.39. The molecule has 0 saturated carbocycles. The molecule has 2 heterocycles. The summed E-state index contributed by atoms with van der Waals surface area (Å²) >= 11 is 5.79. The van der Waals surface area contributed by atoms with Crippen LogP contribution in [0.5, 0.6) is 5.75 Å². The van der Waals surface area contributed by atoms with E-state index in [1.165, 1.54) is 16.2 Å². The number of benzene rings is 1. The number of hydrogen-bond donors (Lipinski definition) is 1. The number of thiol groups is 1. The van der Waals surface area contributed by atoms with E-state index >= 15 is 0 Å². The van der Waals surface area contributed by atoms with Crippen LogP contribution in [0, 0.1) is 0 Å². The van der Waals surface area contributed by atoms with Gasteiger partial charge in [-0.1, -0.05) is 0 Å². The van der Waals surface area contributed by atoms with Crippen molar-refractivity contribution in [2.75, 3.05) is 11.4 Å². The second-order valence-electron chi connectivity index (χ2n) is 6.63. The Balaban J connectivity index is 1.86. The highest BCUT2D eigenvalue weighted by atomic mass is 32.1. The van der Waals surface area contributed by atoms with Crippen LogP contribution in [0.25, 0.3) is 10.3 Å². The van der Waals surface area contributed by atoms with Crippen LogP contribution in [0.1, 0.15) is 19.4 Å². The monoisotopic (exact) mass is 427 g/mol. The number of carbonyl (C=O) groups excluding carboxylic acids is 1. The van der Waals surface area contributed by atoms with Crippen LogP contribution in [-0.2, 0) is 6.18 Å². The summed E-state index contributed by atoms with van der Waals surface area (Å²) in [5.41, 5.74) is 1.53. The second kappa shape index (κ2) is 7.59. The molecule has 0 fully saturated rings. The van der Waals surface area contributed by atoms with E-state index in [2.05, 4.69) is 22.6 Å². The SMILES string of the molecule is CC(C)(S)CN(C(=O)Oc1ccc(C(F)(F)F)cc1)c1ccc2ncsc2n1. The molecule has 10 heteroatoms. The Morgan fingerprint density at radius 2 is 1.86 bits per heavy atom. The van der Waals surface area contributed by atoms with Crippen LogP contribution in [0.3, 0.4) is 0 Å². The topological polar surface area (TPSA) is 55.3 Å². The molecule has 3 aromatic rings. The number of amides is 1. The lowest BCUT2D eigenvalue weighted by Crippen LogP contribution is -2.42. The molecule has 0 N–H and O–H groups in total. The fourth-order valence-corrected chi connectivity index (χ4v) is 3.18. The number of nitrogens with zero attached hydrogens (tertiary/aromatic N) is 3. The molecule has 0 saturated heterocycles. The molecule has 148 valence electrons. The number of halogens is 3. The first kappa shape index (κ1) is 20.4. The van der Waals surface area contributed by atoms with Gasteiger partial charge < -0.3 is 4.74 Å². The second-order valence-corrected chi connectivity index (χ2v) is 8.68. The number of anilines is 1. The number of pyridine rings is 1. The Morgan fingerprint density at radius 3 is 2.46 bits per heavy atom. The van der Waals surface area contributed by atoms with Gasteiger partial charge in [0, 0.05) is 11.3 Å². The Hall–Kier alpha value is -2.33.